The molecule has 1 aromatic carbocycles. The van der Waals surface area contributed by atoms with Crippen LogP contribution in [0.3, 0.4) is 0 Å². The van der Waals surface area contributed by atoms with Gasteiger partial charge >= 0.3 is 6.03 Å². The van der Waals surface area contributed by atoms with Crippen molar-refractivity contribution in [1.29, 1.82) is 0 Å². The number of halogens is 1. The standard InChI is InChI=1S/C23H30FN5O2/c24-20-8-6-19(7-9-20)22(30)26-11-5-12-27-23(31)28-17-18-10-13-25-21(16-18)29-14-3-1-2-4-15-29/h6-10,13,16H,1-5,11-12,14-15,17H2,(H,26,30)(H2,27,28,31). The number of pyridine rings is 1. The van der Waals surface area contributed by atoms with Gasteiger partial charge in [0.15, 0.2) is 0 Å². The average Bonchev–Trinajstić information content (AvgIpc) is 3.08. The molecule has 2 heterocycles. The Balaban J connectivity index is 1.32. The van der Waals surface area contributed by atoms with E-state index in [2.05, 4.69) is 25.8 Å². The first-order valence-corrected chi connectivity index (χ1v) is 10.9. The molecule has 1 fully saturated rings. The zero-order valence-corrected chi connectivity index (χ0v) is 17.7. The molecular weight excluding hydrogens is 397 g/mol. The minimum Gasteiger partial charge on any atom is -0.357 e. The lowest BCUT2D eigenvalue weighted by Gasteiger charge is -2.21. The normalized spacial score (nSPS) is 13.9. The number of carbonyl (C=O) groups is 2. The molecule has 0 spiro atoms. The van der Waals surface area contributed by atoms with Gasteiger partial charge in [0.05, 0.1) is 0 Å². The fraction of sp³-hybridized carbons (Fsp3) is 0.435. The van der Waals surface area contributed by atoms with Crippen molar-refractivity contribution in [3.8, 4) is 0 Å². The van der Waals surface area contributed by atoms with Gasteiger partial charge in [-0.25, -0.2) is 14.2 Å². The second kappa shape index (κ2) is 11.9. The number of carbonyl (C=O) groups excluding carboxylic acids is 2. The topological polar surface area (TPSA) is 86.4 Å². The monoisotopic (exact) mass is 427 g/mol. The number of hydrogen-bond acceptors (Lipinski definition) is 4. The van der Waals surface area contributed by atoms with E-state index in [0.29, 0.717) is 31.6 Å². The van der Waals surface area contributed by atoms with Gasteiger partial charge in [-0.2, -0.15) is 0 Å². The number of hydrogen-bond donors (Lipinski definition) is 3. The Morgan fingerprint density at radius 2 is 1.65 bits per heavy atom. The summed E-state index contributed by atoms with van der Waals surface area (Å²) >= 11 is 0. The van der Waals surface area contributed by atoms with Gasteiger partial charge in [-0.05, 0) is 61.2 Å². The third kappa shape index (κ3) is 7.55. The lowest BCUT2D eigenvalue weighted by molar-refractivity contribution is 0.0953. The molecule has 0 atom stereocenters. The number of amides is 3. The molecule has 1 aromatic heterocycles. The molecule has 7 nitrogen and oxygen atoms in total. The van der Waals surface area contributed by atoms with Crippen LogP contribution in [0.2, 0.25) is 0 Å². The molecule has 0 bridgehead atoms. The van der Waals surface area contributed by atoms with E-state index in [4.69, 9.17) is 0 Å². The summed E-state index contributed by atoms with van der Waals surface area (Å²) in [6.45, 7) is 3.34. The summed E-state index contributed by atoms with van der Waals surface area (Å²) in [7, 11) is 0. The minimum absolute atomic E-state index is 0.252. The smallest absolute Gasteiger partial charge is 0.315 e. The molecule has 1 saturated heterocycles. The Bertz CT molecular complexity index is 851. The predicted octanol–water partition coefficient (Wildman–Crippen LogP) is 3.22. The van der Waals surface area contributed by atoms with Crippen LogP contribution in [-0.4, -0.2) is 43.1 Å². The van der Waals surface area contributed by atoms with Gasteiger partial charge in [-0.1, -0.05) is 12.8 Å². The Labute approximate surface area is 182 Å². The van der Waals surface area contributed by atoms with Crippen LogP contribution >= 0.6 is 0 Å². The molecule has 1 aliphatic rings. The second-order valence-electron chi connectivity index (χ2n) is 7.65. The molecule has 0 saturated carbocycles. The fourth-order valence-corrected chi connectivity index (χ4v) is 3.48. The van der Waals surface area contributed by atoms with Gasteiger partial charge in [-0.15, -0.1) is 0 Å². The molecule has 8 heteroatoms. The van der Waals surface area contributed by atoms with E-state index >= 15 is 0 Å². The maximum atomic E-state index is 12.9. The van der Waals surface area contributed by atoms with E-state index in [-0.39, 0.29) is 17.8 Å². The van der Waals surface area contributed by atoms with Crippen molar-refractivity contribution in [3.63, 3.8) is 0 Å². The number of rotatable bonds is 8. The van der Waals surface area contributed by atoms with Crippen molar-refractivity contribution in [3.05, 3.63) is 59.5 Å². The van der Waals surface area contributed by atoms with Crippen LogP contribution in [0, 0.1) is 5.82 Å². The summed E-state index contributed by atoms with van der Waals surface area (Å²) in [6, 6.07) is 9.07. The van der Waals surface area contributed by atoms with Gasteiger partial charge in [0.2, 0.25) is 0 Å². The second-order valence-corrected chi connectivity index (χ2v) is 7.65. The number of anilines is 1. The van der Waals surface area contributed by atoms with Crippen LogP contribution in [0.4, 0.5) is 15.0 Å². The van der Waals surface area contributed by atoms with Crippen LogP contribution in [-0.2, 0) is 6.54 Å². The highest BCUT2D eigenvalue weighted by molar-refractivity contribution is 5.94. The maximum absolute atomic E-state index is 12.9. The number of aromatic nitrogens is 1. The first-order chi connectivity index (χ1) is 15.1. The summed E-state index contributed by atoms with van der Waals surface area (Å²) in [4.78, 5) is 30.8. The Hall–Kier alpha value is -3.16. The van der Waals surface area contributed by atoms with Crippen molar-refractivity contribution < 1.29 is 14.0 Å². The van der Waals surface area contributed by atoms with Crippen molar-refractivity contribution in [1.82, 2.24) is 20.9 Å². The molecule has 3 amide bonds. The third-order valence-corrected chi connectivity index (χ3v) is 5.22. The Morgan fingerprint density at radius 1 is 0.935 bits per heavy atom. The van der Waals surface area contributed by atoms with Gasteiger partial charge in [0, 0.05) is 44.5 Å². The van der Waals surface area contributed by atoms with Crippen molar-refractivity contribution in [2.45, 2.75) is 38.6 Å². The highest BCUT2D eigenvalue weighted by Gasteiger charge is 2.11. The molecule has 2 aromatic rings. The van der Waals surface area contributed by atoms with Crippen LogP contribution in [0.5, 0.6) is 0 Å². The van der Waals surface area contributed by atoms with E-state index in [0.717, 1.165) is 24.5 Å². The average molecular weight is 428 g/mol. The molecule has 166 valence electrons. The van der Waals surface area contributed by atoms with E-state index in [9.17, 15) is 14.0 Å². The van der Waals surface area contributed by atoms with Gasteiger partial charge < -0.3 is 20.9 Å². The van der Waals surface area contributed by atoms with Gasteiger partial charge in [-0.3, -0.25) is 4.79 Å². The number of benzene rings is 1. The van der Waals surface area contributed by atoms with Crippen molar-refractivity contribution in [2.75, 3.05) is 31.1 Å². The molecule has 3 rings (SSSR count). The maximum Gasteiger partial charge on any atom is 0.315 e. The van der Waals surface area contributed by atoms with E-state index in [1.807, 2.05) is 12.1 Å². The number of nitrogens with zero attached hydrogens (tertiary/aromatic N) is 2. The summed E-state index contributed by atoms with van der Waals surface area (Å²) < 4.78 is 12.9. The van der Waals surface area contributed by atoms with Crippen molar-refractivity contribution in [2.24, 2.45) is 0 Å². The molecule has 3 N–H and O–H groups in total. The van der Waals surface area contributed by atoms with E-state index in [1.165, 1.54) is 49.9 Å². The SMILES string of the molecule is O=C(NCCCNC(=O)c1ccc(F)cc1)NCc1ccnc(N2CCCCCC2)c1. The van der Waals surface area contributed by atoms with Crippen LogP contribution < -0.4 is 20.9 Å². The molecule has 31 heavy (non-hydrogen) atoms. The van der Waals surface area contributed by atoms with Crippen molar-refractivity contribution >= 4 is 17.8 Å². The highest BCUT2D eigenvalue weighted by atomic mass is 19.1. The number of urea groups is 1. The van der Waals surface area contributed by atoms with Crippen LogP contribution in [0.1, 0.15) is 48.0 Å². The fourth-order valence-electron chi connectivity index (χ4n) is 3.48. The first kappa shape index (κ1) is 22.5. The highest BCUT2D eigenvalue weighted by Crippen LogP contribution is 2.18. The zero-order valence-electron chi connectivity index (χ0n) is 17.7. The number of nitrogens with one attached hydrogen (secondary N) is 3. The summed E-state index contributed by atoms with van der Waals surface area (Å²) in [5.41, 5.74) is 1.42. The zero-order chi connectivity index (χ0) is 21.9. The van der Waals surface area contributed by atoms with Crippen LogP contribution in [0.15, 0.2) is 42.6 Å². The molecule has 0 radical (unpaired) electrons. The Kier molecular flexibility index (Phi) is 8.63. The van der Waals surface area contributed by atoms with Gasteiger partial charge in [0.25, 0.3) is 5.91 Å². The summed E-state index contributed by atoms with van der Waals surface area (Å²) in [5, 5.41) is 8.38. The predicted molar refractivity (Wildman–Crippen MR) is 119 cm³/mol. The molecular formula is C23H30FN5O2. The lowest BCUT2D eigenvalue weighted by atomic mass is 10.2. The summed E-state index contributed by atoms with van der Waals surface area (Å²) in [5.74, 6) is 0.331. The van der Waals surface area contributed by atoms with E-state index in [1.54, 1.807) is 6.20 Å². The van der Waals surface area contributed by atoms with Gasteiger partial charge in [0.1, 0.15) is 11.6 Å². The quantitative estimate of drug-likeness (QED) is 0.565. The molecule has 0 aliphatic carbocycles. The Morgan fingerprint density at radius 3 is 2.39 bits per heavy atom. The summed E-state index contributed by atoms with van der Waals surface area (Å²) in [6.07, 6.45) is 7.31. The van der Waals surface area contributed by atoms with Crippen LogP contribution in [0.25, 0.3) is 0 Å². The first-order valence-electron chi connectivity index (χ1n) is 10.9. The van der Waals surface area contributed by atoms with E-state index < -0.39 is 0 Å². The largest absolute Gasteiger partial charge is 0.357 e. The third-order valence-electron chi connectivity index (χ3n) is 5.22. The minimum atomic E-state index is -0.378. The molecule has 0 unspecified atom stereocenters. The molecule has 1 aliphatic heterocycles. The lowest BCUT2D eigenvalue weighted by Crippen LogP contribution is -2.37.